The summed E-state index contributed by atoms with van der Waals surface area (Å²) in [5.74, 6) is 0. The summed E-state index contributed by atoms with van der Waals surface area (Å²) < 4.78 is 0. The Morgan fingerprint density at radius 1 is 1.60 bits per heavy atom. The number of nitrogens with zero attached hydrogens (tertiary/aromatic N) is 2. The highest BCUT2D eigenvalue weighted by Gasteiger charge is 2.01. The first-order chi connectivity index (χ1) is 4.84. The Balaban J connectivity index is 2.75. The van der Waals surface area contributed by atoms with Crippen LogP contribution in [0.1, 0.15) is 25.1 Å². The molecule has 0 aliphatic rings. The maximum Gasteiger partial charge on any atom is 0.0753 e. The molecule has 0 aromatic carbocycles. The Bertz CT molecular complexity index is 185. The predicted octanol–water partition coefficient (Wildman–Crippen LogP) is 0.886. The van der Waals surface area contributed by atoms with Crippen molar-refractivity contribution >= 4 is 0 Å². The van der Waals surface area contributed by atoms with Gasteiger partial charge in [0.25, 0.3) is 0 Å². The largest absolute Gasteiger partial charge is 0.323 e. The summed E-state index contributed by atoms with van der Waals surface area (Å²) in [6, 6.07) is 0.0358. The molecule has 0 bridgehead atoms. The molecule has 0 spiro atoms. The Morgan fingerprint density at radius 3 is 2.90 bits per heavy atom. The number of aromatic nitrogens is 2. The van der Waals surface area contributed by atoms with Gasteiger partial charge in [-0.2, -0.15) is 0 Å². The van der Waals surface area contributed by atoms with Gasteiger partial charge in [0.05, 0.1) is 5.69 Å². The van der Waals surface area contributed by atoms with Crippen LogP contribution in [-0.2, 0) is 0 Å². The molecule has 3 nitrogen and oxygen atoms in total. The van der Waals surface area contributed by atoms with Gasteiger partial charge in [-0.15, -0.1) is 0 Å². The van der Waals surface area contributed by atoms with Gasteiger partial charge in [-0.3, -0.25) is 9.97 Å². The molecule has 2 N–H and O–H groups in total. The Hall–Kier alpha value is -0.960. The van der Waals surface area contributed by atoms with Crippen molar-refractivity contribution in [2.75, 3.05) is 0 Å². The molecule has 1 atom stereocenters. The maximum absolute atomic E-state index is 5.69. The SMILES string of the molecule is CC[C@H](N)c1cnccn1. The van der Waals surface area contributed by atoms with Gasteiger partial charge in [0, 0.05) is 24.6 Å². The second-order valence-corrected chi connectivity index (χ2v) is 2.15. The highest BCUT2D eigenvalue weighted by atomic mass is 14.8. The van der Waals surface area contributed by atoms with E-state index in [0.717, 1.165) is 12.1 Å². The van der Waals surface area contributed by atoms with E-state index in [4.69, 9.17) is 5.73 Å². The predicted molar refractivity (Wildman–Crippen MR) is 39.3 cm³/mol. The zero-order valence-electron chi connectivity index (χ0n) is 5.99. The molecule has 0 radical (unpaired) electrons. The third-order valence-electron chi connectivity index (χ3n) is 1.40. The van der Waals surface area contributed by atoms with E-state index in [0.29, 0.717) is 0 Å². The van der Waals surface area contributed by atoms with Crippen molar-refractivity contribution in [1.29, 1.82) is 0 Å². The van der Waals surface area contributed by atoms with Crippen LogP contribution in [0.3, 0.4) is 0 Å². The van der Waals surface area contributed by atoms with Crippen molar-refractivity contribution in [1.82, 2.24) is 9.97 Å². The van der Waals surface area contributed by atoms with Crippen LogP contribution in [0.25, 0.3) is 0 Å². The van der Waals surface area contributed by atoms with Crippen molar-refractivity contribution in [3.8, 4) is 0 Å². The van der Waals surface area contributed by atoms with Gasteiger partial charge in [-0.25, -0.2) is 0 Å². The molecular formula is C7H11N3. The van der Waals surface area contributed by atoms with Gasteiger partial charge < -0.3 is 5.73 Å². The van der Waals surface area contributed by atoms with Gasteiger partial charge >= 0.3 is 0 Å². The lowest BCUT2D eigenvalue weighted by Crippen LogP contribution is -2.10. The van der Waals surface area contributed by atoms with Gasteiger partial charge in [-0.05, 0) is 6.42 Å². The fourth-order valence-corrected chi connectivity index (χ4v) is 0.711. The number of rotatable bonds is 2. The van der Waals surface area contributed by atoms with Crippen LogP contribution in [0.4, 0.5) is 0 Å². The van der Waals surface area contributed by atoms with Crippen LogP contribution < -0.4 is 5.73 Å². The van der Waals surface area contributed by atoms with Gasteiger partial charge in [0.15, 0.2) is 0 Å². The summed E-state index contributed by atoms with van der Waals surface area (Å²) in [7, 11) is 0. The van der Waals surface area contributed by atoms with Crippen LogP contribution in [0.2, 0.25) is 0 Å². The Labute approximate surface area is 60.3 Å². The highest BCUT2D eigenvalue weighted by Crippen LogP contribution is 2.06. The molecule has 0 saturated carbocycles. The van der Waals surface area contributed by atoms with Crippen LogP contribution in [0.5, 0.6) is 0 Å². The molecular weight excluding hydrogens is 126 g/mol. The quantitative estimate of drug-likeness (QED) is 0.658. The van der Waals surface area contributed by atoms with E-state index in [2.05, 4.69) is 9.97 Å². The van der Waals surface area contributed by atoms with Gasteiger partial charge in [-0.1, -0.05) is 6.92 Å². The smallest absolute Gasteiger partial charge is 0.0753 e. The van der Waals surface area contributed by atoms with Crippen molar-refractivity contribution in [3.63, 3.8) is 0 Å². The van der Waals surface area contributed by atoms with Crippen LogP contribution in [-0.4, -0.2) is 9.97 Å². The lowest BCUT2D eigenvalue weighted by Gasteiger charge is -2.04. The van der Waals surface area contributed by atoms with Crippen LogP contribution >= 0.6 is 0 Å². The minimum Gasteiger partial charge on any atom is -0.323 e. The normalized spacial score (nSPS) is 13.0. The molecule has 0 saturated heterocycles. The molecule has 0 amide bonds. The van der Waals surface area contributed by atoms with Crippen molar-refractivity contribution in [2.24, 2.45) is 5.73 Å². The lowest BCUT2D eigenvalue weighted by atomic mass is 10.2. The molecule has 0 fully saturated rings. The highest BCUT2D eigenvalue weighted by molar-refractivity contribution is 5.00. The average molecular weight is 137 g/mol. The summed E-state index contributed by atoms with van der Waals surface area (Å²) >= 11 is 0. The van der Waals surface area contributed by atoms with Crippen LogP contribution in [0.15, 0.2) is 18.6 Å². The van der Waals surface area contributed by atoms with E-state index >= 15 is 0 Å². The van der Waals surface area contributed by atoms with E-state index in [-0.39, 0.29) is 6.04 Å². The second kappa shape index (κ2) is 3.27. The fourth-order valence-electron chi connectivity index (χ4n) is 0.711. The minimum absolute atomic E-state index is 0.0358. The zero-order chi connectivity index (χ0) is 7.40. The first kappa shape index (κ1) is 7.15. The summed E-state index contributed by atoms with van der Waals surface area (Å²) in [5, 5.41) is 0. The molecule has 10 heavy (non-hydrogen) atoms. The second-order valence-electron chi connectivity index (χ2n) is 2.15. The van der Waals surface area contributed by atoms with Gasteiger partial charge in [0.2, 0.25) is 0 Å². The molecule has 1 heterocycles. The first-order valence-electron chi connectivity index (χ1n) is 3.36. The molecule has 1 aromatic rings. The summed E-state index contributed by atoms with van der Waals surface area (Å²) in [5.41, 5.74) is 6.56. The van der Waals surface area contributed by atoms with Gasteiger partial charge in [0.1, 0.15) is 0 Å². The monoisotopic (exact) mass is 137 g/mol. The average Bonchev–Trinajstić information content (AvgIpc) is 2.05. The Morgan fingerprint density at radius 2 is 2.40 bits per heavy atom. The van der Waals surface area contributed by atoms with E-state index in [1.54, 1.807) is 18.6 Å². The molecule has 1 rings (SSSR count). The molecule has 0 aliphatic carbocycles. The number of hydrogen-bond donors (Lipinski definition) is 1. The standard InChI is InChI=1S/C7H11N3/c1-2-6(8)7-5-9-3-4-10-7/h3-6H,2,8H2,1H3/t6-/m0/s1. The van der Waals surface area contributed by atoms with E-state index in [1.165, 1.54) is 0 Å². The van der Waals surface area contributed by atoms with Crippen molar-refractivity contribution < 1.29 is 0 Å². The summed E-state index contributed by atoms with van der Waals surface area (Å²) in [6.07, 6.45) is 5.91. The van der Waals surface area contributed by atoms with E-state index in [1.807, 2.05) is 6.92 Å². The molecule has 54 valence electrons. The lowest BCUT2D eigenvalue weighted by molar-refractivity contribution is 0.671. The molecule has 1 aromatic heterocycles. The Kier molecular flexibility index (Phi) is 2.34. The fraction of sp³-hybridized carbons (Fsp3) is 0.429. The zero-order valence-corrected chi connectivity index (χ0v) is 5.99. The number of hydrogen-bond acceptors (Lipinski definition) is 3. The third kappa shape index (κ3) is 1.51. The molecule has 0 unspecified atom stereocenters. The number of nitrogens with two attached hydrogens (primary N) is 1. The van der Waals surface area contributed by atoms with Crippen LogP contribution in [0, 0.1) is 0 Å². The van der Waals surface area contributed by atoms with E-state index < -0.39 is 0 Å². The van der Waals surface area contributed by atoms with Crippen molar-refractivity contribution in [2.45, 2.75) is 19.4 Å². The van der Waals surface area contributed by atoms with Crippen molar-refractivity contribution in [3.05, 3.63) is 24.3 Å². The van der Waals surface area contributed by atoms with E-state index in [9.17, 15) is 0 Å². The topological polar surface area (TPSA) is 51.8 Å². The summed E-state index contributed by atoms with van der Waals surface area (Å²) in [4.78, 5) is 7.97. The summed E-state index contributed by atoms with van der Waals surface area (Å²) in [6.45, 7) is 2.03. The first-order valence-corrected chi connectivity index (χ1v) is 3.36. The molecule has 0 aliphatic heterocycles. The molecule has 3 heteroatoms. The third-order valence-corrected chi connectivity index (χ3v) is 1.40. The maximum atomic E-state index is 5.69. The minimum atomic E-state index is 0.0358.